The number of hydrogen-bond donors (Lipinski definition) is 2. The minimum atomic E-state index is 0. The number of nitrogens with one attached hydrogen (secondary N) is 2. The van der Waals surface area contributed by atoms with Crippen molar-refractivity contribution in [2.24, 2.45) is 4.99 Å². The number of halogens is 1. The second-order valence-corrected chi connectivity index (χ2v) is 7.37. The van der Waals surface area contributed by atoms with Crippen LogP contribution >= 0.6 is 24.0 Å². The third-order valence-electron chi connectivity index (χ3n) is 5.34. The second kappa shape index (κ2) is 11.3. The van der Waals surface area contributed by atoms with Crippen LogP contribution in [0.5, 0.6) is 0 Å². The molecule has 1 aliphatic rings. The van der Waals surface area contributed by atoms with Gasteiger partial charge in [0.1, 0.15) is 6.54 Å². The fraction of sp³-hybridized carbons (Fsp3) is 0.409. The summed E-state index contributed by atoms with van der Waals surface area (Å²) in [6.07, 6.45) is 4.44. The molecule has 0 radical (unpaired) electrons. The van der Waals surface area contributed by atoms with E-state index >= 15 is 0 Å². The molecule has 0 aliphatic carbocycles. The van der Waals surface area contributed by atoms with Crippen molar-refractivity contribution in [3.8, 4) is 0 Å². The number of likely N-dealkylation sites (tertiary alicyclic amines) is 1. The monoisotopic (exact) mass is 519 g/mol. The van der Waals surface area contributed by atoms with E-state index in [-0.39, 0.29) is 24.0 Å². The Balaban J connectivity index is 0.00000256. The zero-order valence-corrected chi connectivity index (χ0v) is 19.7. The van der Waals surface area contributed by atoms with Crippen molar-refractivity contribution in [2.45, 2.75) is 38.9 Å². The smallest absolute Gasteiger partial charge is 0.191 e. The molecular weight excluding hydrogens is 489 g/mol. The van der Waals surface area contributed by atoms with E-state index in [2.05, 4.69) is 63.0 Å². The molecule has 0 amide bonds. The first-order valence-electron chi connectivity index (χ1n) is 10.4. The van der Waals surface area contributed by atoms with Crippen molar-refractivity contribution in [1.82, 2.24) is 30.1 Å². The number of hydrogen-bond acceptors (Lipinski definition) is 4. The number of aliphatic imine (C=N–C) groups is 1. The van der Waals surface area contributed by atoms with Gasteiger partial charge in [0.05, 0.1) is 0 Å². The molecule has 0 bridgehead atoms. The molecule has 2 N–H and O–H groups in total. The summed E-state index contributed by atoms with van der Waals surface area (Å²) in [7, 11) is 0. The van der Waals surface area contributed by atoms with Crippen molar-refractivity contribution >= 4 is 35.6 Å². The summed E-state index contributed by atoms with van der Waals surface area (Å²) in [5.41, 5.74) is 2.22. The SMILES string of the molecule is CCNC(=NCc1nnc2ccccn12)NCC1CCCN1Cc1ccccc1.I. The summed E-state index contributed by atoms with van der Waals surface area (Å²) >= 11 is 0. The molecular formula is C22H30IN7. The summed E-state index contributed by atoms with van der Waals surface area (Å²) in [4.78, 5) is 7.30. The molecule has 3 heterocycles. The van der Waals surface area contributed by atoms with Crippen LogP contribution in [0.25, 0.3) is 5.65 Å². The maximum atomic E-state index is 4.73. The standard InChI is InChI=1S/C22H29N7.HI/c1-2-23-22(25-16-21-27-26-20-12-6-7-14-29(20)21)24-15-19-11-8-13-28(19)17-18-9-4-3-5-10-18;/h3-7,9-10,12,14,19H,2,8,11,13,15-17H2,1H3,(H2,23,24,25);1H. The lowest BCUT2D eigenvalue weighted by atomic mass is 10.2. The molecule has 30 heavy (non-hydrogen) atoms. The quantitative estimate of drug-likeness (QED) is 0.285. The normalized spacial score (nSPS) is 17.1. The van der Waals surface area contributed by atoms with Crippen LogP contribution in [0.3, 0.4) is 0 Å². The first-order valence-corrected chi connectivity index (χ1v) is 10.4. The fourth-order valence-corrected chi connectivity index (χ4v) is 3.86. The van der Waals surface area contributed by atoms with Crippen LogP contribution in [0, 0.1) is 0 Å². The van der Waals surface area contributed by atoms with Crippen LogP contribution in [0.15, 0.2) is 59.7 Å². The van der Waals surface area contributed by atoms with Crippen molar-refractivity contribution in [3.63, 3.8) is 0 Å². The molecule has 0 spiro atoms. The Morgan fingerprint density at radius 2 is 1.93 bits per heavy atom. The van der Waals surface area contributed by atoms with Crippen LogP contribution in [-0.2, 0) is 13.1 Å². The first kappa shape index (κ1) is 22.5. The van der Waals surface area contributed by atoms with E-state index in [4.69, 9.17) is 4.99 Å². The molecule has 1 unspecified atom stereocenters. The molecule has 0 saturated carbocycles. The van der Waals surface area contributed by atoms with Crippen molar-refractivity contribution < 1.29 is 0 Å². The van der Waals surface area contributed by atoms with Gasteiger partial charge in [-0.05, 0) is 44.0 Å². The predicted molar refractivity (Wildman–Crippen MR) is 131 cm³/mol. The zero-order valence-electron chi connectivity index (χ0n) is 17.4. The summed E-state index contributed by atoms with van der Waals surface area (Å²) in [6.45, 7) is 6.44. The predicted octanol–water partition coefficient (Wildman–Crippen LogP) is 3.07. The Hall–Kier alpha value is -2.20. The van der Waals surface area contributed by atoms with Gasteiger partial charge in [-0.3, -0.25) is 9.30 Å². The van der Waals surface area contributed by atoms with Gasteiger partial charge in [-0.15, -0.1) is 34.2 Å². The van der Waals surface area contributed by atoms with Gasteiger partial charge in [-0.2, -0.15) is 0 Å². The lowest BCUT2D eigenvalue weighted by Gasteiger charge is -2.25. The van der Waals surface area contributed by atoms with Crippen molar-refractivity contribution in [1.29, 1.82) is 0 Å². The van der Waals surface area contributed by atoms with E-state index in [1.165, 1.54) is 18.4 Å². The third kappa shape index (κ3) is 5.69. The van der Waals surface area contributed by atoms with Gasteiger partial charge < -0.3 is 10.6 Å². The fourth-order valence-electron chi connectivity index (χ4n) is 3.86. The molecule has 1 aromatic carbocycles. The highest BCUT2D eigenvalue weighted by molar-refractivity contribution is 14.0. The van der Waals surface area contributed by atoms with E-state index in [1.54, 1.807) is 0 Å². The average molecular weight is 519 g/mol. The van der Waals surface area contributed by atoms with E-state index in [9.17, 15) is 0 Å². The highest BCUT2D eigenvalue weighted by Gasteiger charge is 2.24. The van der Waals surface area contributed by atoms with Crippen LogP contribution in [0.4, 0.5) is 0 Å². The number of nitrogens with zero attached hydrogens (tertiary/aromatic N) is 5. The molecule has 3 aromatic rings. The van der Waals surface area contributed by atoms with Crippen molar-refractivity contribution in [2.75, 3.05) is 19.6 Å². The summed E-state index contributed by atoms with van der Waals surface area (Å²) in [5.74, 6) is 1.66. The Labute approximate surface area is 195 Å². The van der Waals surface area contributed by atoms with Crippen LogP contribution in [0.1, 0.15) is 31.2 Å². The van der Waals surface area contributed by atoms with E-state index in [0.29, 0.717) is 12.6 Å². The lowest BCUT2D eigenvalue weighted by Crippen LogP contribution is -2.44. The lowest BCUT2D eigenvalue weighted by molar-refractivity contribution is 0.245. The molecule has 160 valence electrons. The summed E-state index contributed by atoms with van der Waals surface area (Å²) in [6, 6.07) is 17.1. The van der Waals surface area contributed by atoms with Crippen LogP contribution in [0.2, 0.25) is 0 Å². The van der Waals surface area contributed by atoms with E-state index in [0.717, 1.165) is 43.6 Å². The number of aromatic nitrogens is 3. The zero-order chi connectivity index (χ0) is 19.9. The van der Waals surface area contributed by atoms with E-state index < -0.39 is 0 Å². The maximum absolute atomic E-state index is 4.73. The van der Waals surface area contributed by atoms with Gasteiger partial charge in [0.2, 0.25) is 0 Å². The van der Waals surface area contributed by atoms with Gasteiger partial charge in [0, 0.05) is 31.9 Å². The Bertz CT molecular complexity index is 941. The number of benzene rings is 1. The molecule has 2 aromatic heterocycles. The molecule has 7 nitrogen and oxygen atoms in total. The van der Waals surface area contributed by atoms with Crippen molar-refractivity contribution in [3.05, 3.63) is 66.1 Å². The first-order chi connectivity index (χ1) is 14.3. The molecule has 1 saturated heterocycles. The van der Waals surface area contributed by atoms with Crippen LogP contribution < -0.4 is 10.6 Å². The number of pyridine rings is 1. The number of guanidine groups is 1. The average Bonchev–Trinajstić information content (AvgIpc) is 3.37. The number of fused-ring (bicyclic) bond motifs is 1. The second-order valence-electron chi connectivity index (χ2n) is 7.37. The highest BCUT2D eigenvalue weighted by atomic mass is 127. The highest BCUT2D eigenvalue weighted by Crippen LogP contribution is 2.19. The minimum Gasteiger partial charge on any atom is -0.357 e. The Morgan fingerprint density at radius 1 is 1.10 bits per heavy atom. The van der Waals surface area contributed by atoms with Gasteiger partial charge in [0.15, 0.2) is 17.4 Å². The minimum absolute atomic E-state index is 0. The molecule has 8 heteroatoms. The Kier molecular flexibility index (Phi) is 8.44. The maximum Gasteiger partial charge on any atom is 0.191 e. The van der Waals surface area contributed by atoms with Gasteiger partial charge in [0.25, 0.3) is 0 Å². The number of rotatable bonds is 7. The molecule has 4 rings (SSSR count). The molecule has 1 fully saturated rings. The van der Waals surface area contributed by atoms with Gasteiger partial charge >= 0.3 is 0 Å². The van der Waals surface area contributed by atoms with E-state index in [1.807, 2.05) is 28.8 Å². The molecule has 1 atom stereocenters. The van der Waals surface area contributed by atoms with Gasteiger partial charge in [-0.1, -0.05) is 36.4 Å². The summed E-state index contributed by atoms with van der Waals surface area (Å²) < 4.78 is 1.98. The Morgan fingerprint density at radius 3 is 2.77 bits per heavy atom. The van der Waals surface area contributed by atoms with Gasteiger partial charge in [-0.25, -0.2) is 4.99 Å². The van der Waals surface area contributed by atoms with Crippen LogP contribution in [-0.4, -0.2) is 51.1 Å². The third-order valence-corrected chi connectivity index (χ3v) is 5.34. The summed E-state index contributed by atoms with van der Waals surface area (Å²) in [5, 5.41) is 15.3. The topological polar surface area (TPSA) is 69.8 Å². The molecule has 1 aliphatic heterocycles. The largest absolute Gasteiger partial charge is 0.357 e.